The monoisotopic (exact) mass is 301 g/mol. The molecule has 3 nitrogen and oxygen atoms in total. The SMILES string of the molecule is CCCC#C[C]1[CH][CH][CH][C]1C(=O)Nc1cccc2cccnc12. The Balaban J connectivity index is 1.77. The van der Waals surface area contributed by atoms with Gasteiger partial charge in [0.25, 0.3) is 0 Å². The molecule has 5 radical (unpaired) electrons. The number of para-hydroxylation sites is 1. The normalized spacial score (nSPS) is 15.3. The Kier molecular flexibility index (Phi) is 4.92. The van der Waals surface area contributed by atoms with Gasteiger partial charge in [0.2, 0.25) is 5.91 Å². The molecule has 1 N–H and O–H groups in total. The van der Waals surface area contributed by atoms with Crippen molar-refractivity contribution in [2.45, 2.75) is 19.8 Å². The van der Waals surface area contributed by atoms with Gasteiger partial charge in [0.1, 0.15) is 0 Å². The first-order chi connectivity index (χ1) is 11.3. The van der Waals surface area contributed by atoms with Gasteiger partial charge in [0.05, 0.1) is 23.0 Å². The van der Waals surface area contributed by atoms with Crippen LogP contribution >= 0.6 is 0 Å². The van der Waals surface area contributed by atoms with Crippen LogP contribution in [0.2, 0.25) is 0 Å². The molecule has 0 spiro atoms. The number of hydrogen-bond acceptors (Lipinski definition) is 2. The van der Waals surface area contributed by atoms with E-state index in [1.54, 1.807) is 12.6 Å². The largest absolute Gasteiger partial charge is 0.324 e. The highest BCUT2D eigenvalue weighted by Crippen LogP contribution is 2.34. The van der Waals surface area contributed by atoms with Gasteiger partial charge in [-0.2, -0.15) is 0 Å². The van der Waals surface area contributed by atoms with Crippen molar-refractivity contribution in [3.05, 3.63) is 67.6 Å². The van der Waals surface area contributed by atoms with E-state index in [1.165, 1.54) is 0 Å². The van der Waals surface area contributed by atoms with Gasteiger partial charge in [-0.3, -0.25) is 9.78 Å². The van der Waals surface area contributed by atoms with Crippen LogP contribution < -0.4 is 5.32 Å². The molecule has 1 aliphatic carbocycles. The van der Waals surface area contributed by atoms with Gasteiger partial charge in [-0.15, -0.1) is 5.92 Å². The standard InChI is InChI=1S/C20H17N2O/c1-2-3-4-8-15-9-5-12-17(15)20(23)22-18-13-6-10-16-11-7-14-21-19(16)18/h5-7,9-14H,2-3H2,1H3,(H,22,23). The highest BCUT2D eigenvalue weighted by atomic mass is 16.1. The lowest BCUT2D eigenvalue weighted by molar-refractivity contribution is -0.114. The number of anilines is 1. The van der Waals surface area contributed by atoms with Gasteiger partial charge in [0, 0.05) is 18.0 Å². The Bertz CT molecular complexity index is 752. The lowest BCUT2D eigenvalue weighted by Gasteiger charge is -2.14. The highest BCUT2D eigenvalue weighted by Gasteiger charge is 2.34. The number of unbranched alkanes of at least 4 members (excludes halogenated alkanes) is 1. The van der Waals surface area contributed by atoms with Gasteiger partial charge in [-0.05, 0) is 37.8 Å². The van der Waals surface area contributed by atoms with Crippen LogP contribution in [0.3, 0.4) is 0 Å². The van der Waals surface area contributed by atoms with E-state index in [4.69, 9.17) is 0 Å². The predicted molar refractivity (Wildman–Crippen MR) is 92.4 cm³/mol. The first-order valence-corrected chi connectivity index (χ1v) is 7.69. The van der Waals surface area contributed by atoms with E-state index in [0.29, 0.717) is 11.6 Å². The van der Waals surface area contributed by atoms with E-state index in [9.17, 15) is 4.79 Å². The molecular formula is C20H17N2O. The number of hydrogen-bond donors (Lipinski definition) is 1. The molecule has 1 aromatic carbocycles. The predicted octanol–water partition coefficient (Wildman–Crippen LogP) is 3.75. The average Bonchev–Trinajstić information content (AvgIpc) is 3.04. The summed E-state index contributed by atoms with van der Waals surface area (Å²) in [5, 5.41) is 3.94. The van der Waals surface area contributed by atoms with Crippen molar-refractivity contribution in [1.29, 1.82) is 0 Å². The number of aromatic nitrogens is 1. The number of carbonyl (C=O) groups excluding carboxylic acids is 1. The maximum absolute atomic E-state index is 12.6. The Labute approximate surface area is 137 Å². The van der Waals surface area contributed by atoms with Crippen LogP contribution in [0.25, 0.3) is 10.9 Å². The second-order valence-corrected chi connectivity index (χ2v) is 5.24. The number of benzene rings is 1. The molecule has 1 amide bonds. The molecule has 0 aliphatic heterocycles. The van der Waals surface area contributed by atoms with E-state index < -0.39 is 0 Å². The van der Waals surface area contributed by atoms with Crippen molar-refractivity contribution in [3.63, 3.8) is 0 Å². The minimum Gasteiger partial charge on any atom is -0.324 e. The summed E-state index contributed by atoms with van der Waals surface area (Å²) in [4.78, 5) is 16.9. The van der Waals surface area contributed by atoms with Crippen LogP contribution in [0.1, 0.15) is 19.8 Å². The van der Waals surface area contributed by atoms with Crippen molar-refractivity contribution in [1.82, 2.24) is 4.98 Å². The van der Waals surface area contributed by atoms with Gasteiger partial charge in [0.15, 0.2) is 0 Å². The molecule has 0 unspecified atom stereocenters. The van der Waals surface area contributed by atoms with Crippen LogP contribution in [-0.2, 0) is 4.79 Å². The second-order valence-electron chi connectivity index (χ2n) is 5.24. The van der Waals surface area contributed by atoms with Crippen molar-refractivity contribution in [2.24, 2.45) is 0 Å². The van der Waals surface area contributed by atoms with E-state index in [0.717, 1.165) is 29.7 Å². The molecule has 3 heteroatoms. The van der Waals surface area contributed by atoms with Gasteiger partial charge in [-0.1, -0.05) is 31.0 Å². The summed E-state index contributed by atoms with van der Waals surface area (Å²) in [6, 6.07) is 9.60. The molecular weight excluding hydrogens is 284 g/mol. The van der Waals surface area contributed by atoms with Gasteiger partial charge >= 0.3 is 0 Å². The third-order valence-corrected chi connectivity index (χ3v) is 3.54. The average molecular weight is 301 g/mol. The second kappa shape index (κ2) is 7.28. The van der Waals surface area contributed by atoms with E-state index >= 15 is 0 Å². The maximum atomic E-state index is 12.6. The van der Waals surface area contributed by atoms with Crippen LogP contribution in [0.5, 0.6) is 0 Å². The molecule has 1 heterocycles. The van der Waals surface area contributed by atoms with E-state index in [-0.39, 0.29) is 5.91 Å². The number of pyridine rings is 1. The molecule has 113 valence electrons. The number of carbonyl (C=O) groups is 1. The summed E-state index contributed by atoms with van der Waals surface area (Å²) in [5.41, 5.74) is 1.50. The van der Waals surface area contributed by atoms with E-state index in [2.05, 4.69) is 29.1 Å². The Morgan fingerprint density at radius 3 is 2.96 bits per heavy atom. The smallest absolute Gasteiger partial charge is 0.233 e. The third kappa shape index (κ3) is 3.53. The fraction of sp³-hybridized carbons (Fsp3) is 0.150. The molecule has 1 saturated carbocycles. The molecule has 3 rings (SSSR count). The number of nitrogens with zero attached hydrogens (tertiary/aromatic N) is 1. The molecule has 2 aromatic rings. The fourth-order valence-corrected chi connectivity index (χ4v) is 2.40. The number of fused-ring (bicyclic) bond motifs is 1. The minimum absolute atomic E-state index is 0.158. The lowest BCUT2D eigenvalue weighted by Crippen LogP contribution is -2.23. The van der Waals surface area contributed by atoms with Crippen molar-refractivity contribution in [3.8, 4) is 11.8 Å². The Morgan fingerprint density at radius 1 is 1.22 bits per heavy atom. The lowest BCUT2D eigenvalue weighted by atomic mass is 9.95. The minimum atomic E-state index is -0.158. The van der Waals surface area contributed by atoms with Crippen LogP contribution in [0, 0.1) is 42.9 Å². The summed E-state index contributed by atoms with van der Waals surface area (Å²) in [5.74, 6) is 7.36. The molecule has 0 bridgehead atoms. The van der Waals surface area contributed by atoms with Crippen LogP contribution in [0.4, 0.5) is 5.69 Å². The van der Waals surface area contributed by atoms with Gasteiger partial charge < -0.3 is 5.32 Å². The zero-order valence-electron chi connectivity index (χ0n) is 13.0. The zero-order valence-corrected chi connectivity index (χ0v) is 13.0. The molecule has 1 aromatic heterocycles. The summed E-state index contributed by atoms with van der Waals surface area (Å²) >= 11 is 0. The summed E-state index contributed by atoms with van der Waals surface area (Å²) < 4.78 is 0. The topological polar surface area (TPSA) is 42.0 Å². The van der Waals surface area contributed by atoms with Crippen LogP contribution in [0.15, 0.2) is 36.5 Å². The summed E-state index contributed by atoms with van der Waals surface area (Å²) in [6.45, 7) is 2.08. The number of rotatable bonds is 3. The first kappa shape index (κ1) is 15.6. The van der Waals surface area contributed by atoms with Crippen molar-refractivity contribution in [2.75, 3.05) is 5.32 Å². The molecule has 1 aliphatic rings. The fourth-order valence-electron chi connectivity index (χ4n) is 2.40. The third-order valence-electron chi connectivity index (χ3n) is 3.54. The maximum Gasteiger partial charge on any atom is 0.233 e. The number of nitrogens with one attached hydrogen (secondary N) is 1. The molecule has 0 saturated heterocycles. The summed E-state index contributed by atoms with van der Waals surface area (Å²) in [7, 11) is 0. The van der Waals surface area contributed by atoms with Crippen molar-refractivity contribution < 1.29 is 4.79 Å². The molecule has 23 heavy (non-hydrogen) atoms. The Hall–Kier alpha value is -2.34. The summed E-state index contributed by atoms with van der Waals surface area (Å²) in [6.07, 6.45) is 9.09. The number of amides is 1. The van der Waals surface area contributed by atoms with Crippen LogP contribution in [-0.4, -0.2) is 10.9 Å². The van der Waals surface area contributed by atoms with Gasteiger partial charge in [-0.25, -0.2) is 0 Å². The molecule has 0 atom stereocenters. The molecule has 1 fully saturated rings. The quantitative estimate of drug-likeness (QED) is 0.877. The zero-order chi connectivity index (χ0) is 16.1. The van der Waals surface area contributed by atoms with E-state index in [1.807, 2.05) is 43.2 Å². The van der Waals surface area contributed by atoms with Crippen molar-refractivity contribution >= 4 is 22.5 Å². The first-order valence-electron chi connectivity index (χ1n) is 7.69. The highest BCUT2D eigenvalue weighted by molar-refractivity contribution is 6.10. The Morgan fingerprint density at radius 2 is 2.09 bits per heavy atom.